The Morgan fingerprint density at radius 2 is 1.03 bits per heavy atom. The predicted octanol–water partition coefficient (Wildman–Crippen LogP) is 3.90. The second kappa shape index (κ2) is 14.4. The number of unbranched alkanes of at least 4 members (excludes halogenated alkanes) is 3. The van der Waals surface area contributed by atoms with Crippen molar-refractivity contribution in [3.05, 3.63) is 34.9 Å². The molecule has 3 fully saturated rings. The van der Waals surface area contributed by atoms with Gasteiger partial charge in [0, 0.05) is 19.8 Å². The van der Waals surface area contributed by atoms with Gasteiger partial charge in [0.15, 0.2) is 0 Å². The van der Waals surface area contributed by atoms with Crippen molar-refractivity contribution in [1.82, 2.24) is 0 Å². The summed E-state index contributed by atoms with van der Waals surface area (Å²) in [5.74, 6) is 0. The monoisotopic (exact) mass is 462 g/mol. The Kier molecular flexibility index (Phi) is 10.9. The number of ether oxygens (including phenoxy) is 6. The van der Waals surface area contributed by atoms with Crippen LogP contribution in [0.4, 0.5) is 0 Å². The van der Waals surface area contributed by atoms with Crippen LogP contribution in [-0.4, -0.2) is 77.8 Å². The summed E-state index contributed by atoms with van der Waals surface area (Å²) in [5.41, 5.74) is 4.48. The molecule has 33 heavy (non-hydrogen) atoms. The number of hydrogen-bond donors (Lipinski definition) is 0. The zero-order valence-electron chi connectivity index (χ0n) is 20.1. The van der Waals surface area contributed by atoms with E-state index in [1.807, 2.05) is 0 Å². The summed E-state index contributed by atoms with van der Waals surface area (Å²) in [6, 6.07) is 7.15. The van der Waals surface area contributed by atoms with Gasteiger partial charge in [-0.15, -0.1) is 0 Å². The molecule has 0 aliphatic carbocycles. The molecule has 6 nitrogen and oxygen atoms in total. The van der Waals surface area contributed by atoms with E-state index in [-0.39, 0.29) is 0 Å². The van der Waals surface area contributed by atoms with Crippen molar-refractivity contribution >= 4 is 0 Å². The van der Waals surface area contributed by atoms with Gasteiger partial charge in [0.2, 0.25) is 0 Å². The van der Waals surface area contributed by atoms with E-state index in [0.717, 1.165) is 98.0 Å². The SMILES string of the molecule is c1cc(CCCCOCC2CO2)c(CCCCOCC2CO2)cc1CCCCOCC1CO1. The molecule has 1 aromatic carbocycles. The summed E-state index contributed by atoms with van der Waals surface area (Å²) >= 11 is 0. The van der Waals surface area contributed by atoms with E-state index in [1.54, 1.807) is 0 Å². The Hall–Kier alpha value is -1.02. The molecule has 0 amide bonds. The summed E-state index contributed by atoms with van der Waals surface area (Å²) in [7, 11) is 0. The third-order valence-corrected chi connectivity index (χ3v) is 6.36. The molecule has 3 unspecified atom stereocenters. The average Bonchev–Trinajstić information content (AvgIpc) is 3.68. The summed E-state index contributed by atoms with van der Waals surface area (Å²) in [6.07, 6.45) is 11.3. The zero-order chi connectivity index (χ0) is 22.6. The van der Waals surface area contributed by atoms with Crippen LogP contribution in [0.15, 0.2) is 18.2 Å². The third-order valence-electron chi connectivity index (χ3n) is 6.36. The highest BCUT2D eigenvalue weighted by atomic mass is 16.6. The highest BCUT2D eigenvalue weighted by molar-refractivity contribution is 5.32. The molecule has 3 aliphatic rings. The van der Waals surface area contributed by atoms with E-state index in [0.29, 0.717) is 18.3 Å². The summed E-state index contributed by atoms with van der Waals surface area (Å²) < 4.78 is 32.7. The molecule has 6 heteroatoms. The van der Waals surface area contributed by atoms with Crippen LogP contribution in [0, 0.1) is 0 Å². The zero-order valence-corrected chi connectivity index (χ0v) is 20.1. The van der Waals surface area contributed by atoms with Crippen molar-refractivity contribution in [3.63, 3.8) is 0 Å². The minimum absolute atomic E-state index is 0.363. The smallest absolute Gasteiger partial charge is 0.104 e. The fourth-order valence-corrected chi connectivity index (χ4v) is 4.02. The third kappa shape index (κ3) is 11.3. The molecule has 0 spiro atoms. The van der Waals surface area contributed by atoms with Crippen molar-refractivity contribution < 1.29 is 28.4 Å². The molecule has 1 aromatic rings. The van der Waals surface area contributed by atoms with Gasteiger partial charge in [-0.2, -0.15) is 0 Å². The molecule has 186 valence electrons. The molecule has 0 bridgehead atoms. The first-order valence-electron chi connectivity index (χ1n) is 13.1. The van der Waals surface area contributed by atoms with Crippen LogP contribution in [0.25, 0.3) is 0 Å². The Bertz CT molecular complexity index is 669. The lowest BCUT2D eigenvalue weighted by molar-refractivity contribution is 0.113. The number of epoxide rings is 3. The first-order valence-corrected chi connectivity index (χ1v) is 13.1. The second-order valence-corrected chi connectivity index (χ2v) is 9.57. The van der Waals surface area contributed by atoms with Gasteiger partial charge in [-0.3, -0.25) is 0 Å². The largest absolute Gasteiger partial charge is 0.379 e. The lowest BCUT2D eigenvalue weighted by Crippen LogP contribution is -2.05. The van der Waals surface area contributed by atoms with Gasteiger partial charge in [-0.05, 0) is 74.5 Å². The van der Waals surface area contributed by atoms with Crippen molar-refractivity contribution in [3.8, 4) is 0 Å². The maximum Gasteiger partial charge on any atom is 0.104 e. The van der Waals surface area contributed by atoms with Crippen molar-refractivity contribution in [2.45, 2.75) is 76.1 Å². The van der Waals surface area contributed by atoms with Crippen LogP contribution >= 0.6 is 0 Å². The van der Waals surface area contributed by atoms with Gasteiger partial charge in [0.1, 0.15) is 18.3 Å². The number of rotatable bonds is 21. The molecule has 0 saturated carbocycles. The molecule has 3 atom stereocenters. The van der Waals surface area contributed by atoms with Gasteiger partial charge in [-0.1, -0.05) is 18.2 Å². The van der Waals surface area contributed by atoms with Gasteiger partial charge >= 0.3 is 0 Å². The summed E-state index contributed by atoms with van der Waals surface area (Å²) in [6.45, 7) is 7.41. The Labute approximate surface area is 199 Å². The van der Waals surface area contributed by atoms with E-state index < -0.39 is 0 Å². The molecular weight excluding hydrogens is 420 g/mol. The van der Waals surface area contributed by atoms with Crippen LogP contribution < -0.4 is 0 Å². The van der Waals surface area contributed by atoms with Crippen molar-refractivity contribution in [2.24, 2.45) is 0 Å². The van der Waals surface area contributed by atoms with Gasteiger partial charge in [-0.25, -0.2) is 0 Å². The second-order valence-electron chi connectivity index (χ2n) is 9.57. The molecular formula is C27H42O6. The minimum atomic E-state index is 0.363. The van der Waals surface area contributed by atoms with Crippen molar-refractivity contribution in [1.29, 1.82) is 0 Å². The highest BCUT2D eigenvalue weighted by Gasteiger charge is 2.23. The van der Waals surface area contributed by atoms with Crippen LogP contribution in [0.1, 0.15) is 55.2 Å². The molecule has 3 heterocycles. The molecule has 3 aliphatic heterocycles. The van der Waals surface area contributed by atoms with E-state index in [1.165, 1.54) is 36.0 Å². The van der Waals surface area contributed by atoms with Gasteiger partial charge in [0.05, 0.1) is 39.6 Å². The molecule has 4 rings (SSSR count). The lowest BCUT2D eigenvalue weighted by atomic mass is 9.94. The summed E-state index contributed by atoms with van der Waals surface area (Å²) in [4.78, 5) is 0. The van der Waals surface area contributed by atoms with E-state index >= 15 is 0 Å². The summed E-state index contributed by atoms with van der Waals surface area (Å²) in [5, 5.41) is 0. The normalized spacial score (nSPS) is 23.1. The Balaban J connectivity index is 1.15. The van der Waals surface area contributed by atoms with Gasteiger partial charge in [0.25, 0.3) is 0 Å². The number of benzene rings is 1. The average molecular weight is 463 g/mol. The molecule has 3 saturated heterocycles. The van der Waals surface area contributed by atoms with Crippen LogP contribution in [0.2, 0.25) is 0 Å². The molecule has 0 radical (unpaired) electrons. The standard InChI is InChI=1S/C27H42O6/c1(4-12-28-16-25-19-31-25)7-22-10-11-23(8-2-5-13-29-17-26-20-32-26)24(15-22)9-3-6-14-30-18-27-21-33-27/h10-11,15,25-27H,1-9,12-14,16-21H2. The predicted molar refractivity (Wildman–Crippen MR) is 127 cm³/mol. The molecule has 0 aromatic heterocycles. The van der Waals surface area contributed by atoms with Crippen molar-refractivity contribution in [2.75, 3.05) is 59.5 Å². The van der Waals surface area contributed by atoms with Gasteiger partial charge < -0.3 is 28.4 Å². The topological polar surface area (TPSA) is 65.3 Å². The number of aryl methyl sites for hydroxylation is 3. The fourth-order valence-electron chi connectivity index (χ4n) is 4.02. The minimum Gasteiger partial charge on any atom is -0.379 e. The number of hydrogen-bond acceptors (Lipinski definition) is 6. The van der Waals surface area contributed by atoms with Crippen LogP contribution in [0.5, 0.6) is 0 Å². The Morgan fingerprint density at radius 3 is 1.52 bits per heavy atom. The lowest BCUT2D eigenvalue weighted by Gasteiger charge is -2.13. The maximum atomic E-state index is 5.71. The Morgan fingerprint density at radius 1 is 0.576 bits per heavy atom. The van der Waals surface area contributed by atoms with Crippen LogP contribution in [0.3, 0.4) is 0 Å². The van der Waals surface area contributed by atoms with E-state index in [2.05, 4.69) is 18.2 Å². The van der Waals surface area contributed by atoms with Crippen LogP contribution in [-0.2, 0) is 47.7 Å². The quantitative estimate of drug-likeness (QED) is 0.204. The fraction of sp³-hybridized carbons (Fsp3) is 0.778. The first-order chi connectivity index (χ1) is 16.4. The molecule has 0 N–H and O–H groups in total. The first kappa shape index (κ1) is 25.1. The van der Waals surface area contributed by atoms with E-state index in [9.17, 15) is 0 Å². The maximum absolute atomic E-state index is 5.71. The highest BCUT2D eigenvalue weighted by Crippen LogP contribution is 2.20. The van der Waals surface area contributed by atoms with E-state index in [4.69, 9.17) is 28.4 Å².